The summed E-state index contributed by atoms with van der Waals surface area (Å²) < 4.78 is 5.43. The first-order chi connectivity index (χ1) is 6.69. The van der Waals surface area contributed by atoms with E-state index in [4.69, 9.17) is 5.84 Å². The standard InChI is InChI=1S/C9H9IN2O2/c1-14-9(13)7-3-2-6(5-12-11)4-8(7)10/h2-5H,11H2,1H3. The first kappa shape index (κ1) is 11.0. The lowest BCUT2D eigenvalue weighted by Crippen LogP contribution is -2.04. The smallest absolute Gasteiger partial charge is 0.338 e. The molecule has 0 saturated carbocycles. The molecule has 4 nitrogen and oxygen atoms in total. The first-order valence-corrected chi connectivity index (χ1v) is 4.88. The van der Waals surface area contributed by atoms with E-state index in [1.54, 1.807) is 12.1 Å². The second-order valence-corrected chi connectivity index (χ2v) is 3.67. The van der Waals surface area contributed by atoms with Gasteiger partial charge in [-0.3, -0.25) is 0 Å². The second-order valence-electron chi connectivity index (χ2n) is 2.51. The predicted molar refractivity (Wildman–Crippen MR) is 62.3 cm³/mol. The number of rotatable bonds is 2. The summed E-state index contributed by atoms with van der Waals surface area (Å²) in [7, 11) is 1.35. The van der Waals surface area contributed by atoms with Crippen LogP contribution in [0.3, 0.4) is 0 Å². The van der Waals surface area contributed by atoms with Gasteiger partial charge in [0.05, 0.1) is 18.9 Å². The molecule has 0 aromatic heterocycles. The van der Waals surface area contributed by atoms with Gasteiger partial charge in [-0.15, -0.1) is 0 Å². The number of hydrazone groups is 1. The van der Waals surface area contributed by atoms with Crippen LogP contribution in [-0.4, -0.2) is 19.3 Å². The monoisotopic (exact) mass is 304 g/mol. The predicted octanol–water partition coefficient (Wildman–Crippen LogP) is 1.37. The average molecular weight is 304 g/mol. The summed E-state index contributed by atoms with van der Waals surface area (Å²) in [5, 5.41) is 3.40. The quantitative estimate of drug-likeness (QED) is 0.295. The van der Waals surface area contributed by atoms with E-state index in [9.17, 15) is 4.79 Å². The van der Waals surface area contributed by atoms with E-state index >= 15 is 0 Å². The Morgan fingerprint density at radius 3 is 2.86 bits per heavy atom. The number of hydrogen-bond donors (Lipinski definition) is 1. The third-order valence-electron chi connectivity index (χ3n) is 1.62. The van der Waals surface area contributed by atoms with Gasteiger partial charge in [0.25, 0.3) is 0 Å². The molecule has 0 aliphatic rings. The molecule has 0 radical (unpaired) electrons. The molecule has 0 atom stereocenters. The van der Waals surface area contributed by atoms with E-state index in [-0.39, 0.29) is 5.97 Å². The van der Waals surface area contributed by atoms with Crippen LogP contribution in [0.5, 0.6) is 0 Å². The van der Waals surface area contributed by atoms with Crippen molar-refractivity contribution in [3.8, 4) is 0 Å². The fourth-order valence-electron chi connectivity index (χ4n) is 0.973. The maximum atomic E-state index is 11.2. The number of ether oxygens (including phenoxy) is 1. The minimum Gasteiger partial charge on any atom is -0.465 e. The summed E-state index contributed by atoms with van der Waals surface area (Å²) in [4.78, 5) is 11.2. The molecular formula is C9H9IN2O2. The van der Waals surface area contributed by atoms with Gasteiger partial charge in [0, 0.05) is 3.57 Å². The van der Waals surface area contributed by atoms with Gasteiger partial charge in [-0.1, -0.05) is 6.07 Å². The molecule has 0 unspecified atom stereocenters. The van der Waals surface area contributed by atoms with Crippen molar-refractivity contribution in [1.29, 1.82) is 0 Å². The van der Waals surface area contributed by atoms with Gasteiger partial charge in [0.2, 0.25) is 0 Å². The summed E-state index contributed by atoms with van der Waals surface area (Å²) in [6.45, 7) is 0. The maximum Gasteiger partial charge on any atom is 0.338 e. The zero-order valence-corrected chi connectivity index (χ0v) is 9.69. The molecule has 14 heavy (non-hydrogen) atoms. The van der Waals surface area contributed by atoms with Crippen molar-refractivity contribution >= 4 is 34.8 Å². The van der Waals surface area contributed by atoms with Gasteiger partial charge in [0.15, 0.2) is 0 Å². The molecular weight excluding hydrogens is 295 g/mol. The van der Waals surface area contributed by atoms with Crippen molar-refractivity contribution in [2.45, 2.75) is 0 Å². The number of esters is 1. The van der Waals surface area contributed by atoms with E-state index < -0.39 is 0 Å². The molecule has 0 saturated heterocycles. The number of carbonyl (C=O) groups is 1. The summed E-state index contributed by atoms with van der Waals surface area (Å²) >= 11 is 2.06. The van der Waals surface area contributed by atoms with Crippen LogP contribution in [0.1, 0.15) is 15.9 Å². The average Bonchev–Trinajstić information content (AvgIpc) is 2.17. The molecule has 74 valence electrons. The number of nitrogens with zero attached hydrogens (tertiary/aromatic N) is 1. The van der Waals surface area contributed by atoms with E-state index in [0.29, 0.717) is 5.56 Å². The van der Waals surface area contributed by atoms with Crippen LogP contribution in [0.4, 0.5) is 0 Å². The van der Waals surface area contributed by atoms with Gasteiger partial charge in [-0.05, 0) is 40.3 Å². The van der Waals surface area contributed by atoms with E-state index in [1.807, 2.05) is 6.07 Å². The molecule has 0 spiro atoms. The first-order valence-electron chi connectivity index (χ1n) is 3.80. The normalized spacial score (nSPS) is 10.4. The molecule has 1 aromatic carbocycles. The molecule has 1 rings (SSSR count). The highest BCUT2D eigenvalue weighted by Gasteiger charge is 2.09. The summed E-state index contributed by atoms with van der Waals surface area (Å²) in [6, 6.07) is 5.25. The lowest BCUT2D eigenvalue weighted by Gasteiger charge is -2.02. The minimum atomic E-state index is -0.342. The molecule has 0 aliphatic heterocycles. The van der Waals surface area contributed by atoms with Crippen molar-refractivity contribution in [3.05, 3.63) is 32.9 Å². The Bertz CT molecular complexity index is 377. The summed E-state index contributed by atoms with van der Waals surface area (Å²) in [5.74, 6) is 4.67. The molecule has 0 heterocycles. The molecule has 0 aliphatic carbocycles. The zero-order chi connectivity index (χ0) is 10.6. The van der Waals surface area contributed by atoms with Crippen LogP contribution in [-0.2, 0) is 4.74 Å². The zero-order valence-electron chi connectivity index (χ0n) is 7.53. The number of halogens is 1. The van der Waals surface area contributed by atoms with Gasteiger partial charge < -0.3 is 10.6 Å². The van der Waals surface area contributed by atoms with Gasteiger partial charge in [-0.2, -0.15) is 5.10 Å². The highest BCUT2D eigenvalue weighted by molar-refractivity contribution is 14.1. The van der Waals surface area contributed by atoms with E-state index in [2.05, 4.69) is 32.4 Å². The van der Waals surface area contributed by atoms with Crippen molar-refractivity contribution in [2.24, 2.45) is 10.9 Å². The van der Waals surface area contributed by atoms with Crippen LogP contribution >= 0.6 is 22.6 Å². The van der Waals surface area contributed by atoms with Gasteiger partial charge in [0.1, 0.15) is 0 Å². The summed E-state index contributed by atoms with van der Waals surface area (Å²) in [5.41, 5.74) is 1.40. The van der Waals surface area contributed by atoms with Crippen LogP contribution in [0, 0.1) is 3.57 Å². The lowest BCUT2D eigenvalue weighted by atomic mass is 10.1. The SMILES string of the molecule is COC(=O)c1ccc(C=NN)cc1I. The summed E-state index contributed by atoms with van der Waals surface area (Å²) in [6.07, 6.45) is 1.52. The van der Waals surface area contributed by atoms with Crippen molar-refractivity contribution < 1.29 is 9.53 Å². The number of benzene rings is 1. The van der Waals surface area contributed by atoms with Crippen LogP contribution < -0.4 is 5.84 Å². The largest absolute Gasteiger partial charge is 0.465 e. The van der Waals surface area contributed by atoms with E-state index in [1.165, 1.54) is 13.3 Å². The lowest BCUT2D eigenvalue weighted by molar-refractivity contribution is 0.0599. The number of hydrogen-bond acceptors (Lipinski definition) is 4. The molecule has 1 aromatic rings. The highest BCUT2D eigenvalue weighted by atomic mass is 127. The van der Waals surface area contributed by atoms with Crippen molar-refractivity contribution in [1.82, 2.24) is 0 Å². The fraction of sp³-hybridized carbons (Fsp3) is 0.111. The van der Waals surface area contributed by atoms with Crippen LogP contribution in [0.2, 0.25) is 0 Å². The Morgan fingerprint density at radius 1 is 1.64 bits per heavy atom. The van der Waals surface area contributed by atoms with Crippen LogP contribution in [0.15, 0.2) is 23.3 Å². The topological polar surface area (TPSA) is 64.7 Å². The Balaban J connectivity index is 3.07. The molecule has 0 bridgehead atoms. The Hall–Kier alpha value is -1.11. The maximum absolute atomic E-state index is 11.2. The molecule has 5 heteroatoms. The highest BCUT2D eigenvalue weighted by Crippen LogP contribution is 2.14. The number of nitrogens with two attached hydrogens (primary N) is 1. The van der Waals surface area contributed by atoms with Crippen molar-refractivity contribution in [3.63, 3.8) is 0 Å². The third kappa shape index (κ3) is 2.44. The second kappa shape index (κ2) is 4.94. The van der Waals surface area contributed by atoms with Crippen LogP contribution in [0.25, 0.3) is 0 Å². The number of carbonyl (C=O) groups excluding carboxylic acids is 1. The van der Waals surface area contributed by atoms with Gasteiger partial charge >= 0.3 is 5.97 Å². The molecule has 0 fully saturated rings. The van der Waals surface area contributed by atoms with Crippen molar-refractivity contribution in [2.75, 3.05) is 7.11 Å². The number of methoxy groups -OCH3 is 1. The Kier molecular flexibility index (Phi) is 3.87. The Morgan fingerprint density at radius 2 is 2.36 bits per heavy atom. The fourth-order valence-corrected chi connectivity index (χ4v) is 1.73. The van der Waals surface area contributed by atoms with Gasteiger partial charge in [-0.25, -0.2) is 4.79 Å². The van der Waals surface area contributed by atoms with E-state index in [0.717, 1.165) is 9.13 Å². The molecule has 0 amide bonds. The Labute approximate surface area is 95.3 Å². The third-order valence-corrected chi connectivity index (χ3v) is 2.51. The molecule has 2 N–H and O–H groups in total. The minimum absolute atomic E-state index is 0.342.